The molecule has 2 amide bonds. The van der Waals surface area contributed by atoms with Crippen LogP contribution in [0.4, 0.5) is 4.79 Å². The monoisotopic (exact) mass is 359 g/mol. The van der Waals surface area contributed by atoms with Crippen LogP contribution in [0.25, 0.3) is 0 Å². The van der Waals surface area contributed by atoms with Crippen molar-refractivity contribution in [1.82, 2.24) is 10.6 Å². The smallest absolute Gasteiger partial charge is 0.312 e. The second-order valence-electron chi connectivity index (χ2n) is 5.01. The molecule has 0 aliphatic heterocycles. The quantitative estimate of drug-likeness (QED) is 0.563. The average Bonchev–Trinajstić information content (AvgIpc) is 2.41. The largest absolute Gasteiger partial charge is 0.490 e. The van der Waals surface area contributed by atoms with Crippen LogP contribution in [0.15, 0.2) is 22.7 Å². The van der Waals surface area contributed by atoms with Gasteiger partial charge in [-0.25, -0.2) is 4.79 Å². The molecule has 0 spiro atoms. The molecule has 7 heteroatoms. The second-order valence-corrected chi connectivity index (χ2v) is 5.86. The summed E-state index contributed by atoms with van der Waals surface area (Å²) in [7, 11) is 0. The van der Waals surface area contributed by atoms with Crippen LogP contribution < -0.4 is 21.1 Å². The first-order valence-electron chi connectivity index (χ1n) is 6.74. The highest BCUT2D eigenvalue weighted by Crippen LogP contribution is 2.26. The van der Waals surface area contributed by atoms with Gasteiger partial charge in [-0.1, -0.05) is 19.9 Å². The van der Waals surface area contributed by atoms with E-state index in [2.05, 4.69) is 26.6 Å². The number of urea groups is 1. The zero-order chi connectivity index (χ0) is 15.8. The number of halogens is 1. The van der Waals surface area contributed by atoms with Gasteiger partial charge in [-0.2, -0.15) is 0 Å². The Balaban J connectivity index is 2.47. The van der Waals surface area contributed by atoms with Gasteiger partial charge in [0, 0.05) is 19.1 Å². The number of ether oxygens (including phenoxy) is 1. The van der Waals surface area contributed by atoms with Crippen LogP contribution in [-0.2, 0) is 6.54 Å². The van der Waals surface area contributed by atoms with Crippen molar-refractivity contribution in [2.45, 2.75) is 32.5 Å². The Morgan fingerprint density at radius 1 is 1.48 bits per heavy atom. The van der Waals surface area contributed by atoms with Gasteiger partial charge in [-0.15, -0.1) is 0 Å². The fraction of sp³-hybridized carbons (Fsp3) is 0.500. The summed E-state index contributed by atoms with van der Waals surface area (Å²) in [6.45, 7) is 5.08. The normalized spacial score (nSPS) is 12.2. The zero-order valence-corrected chi connectivity index (χ0v) is 13.8. The Hall–Kier alpha value is -1.31. The molecule has 0 aliphatic rings. The summed E-state index contributed by atoms with van der Waals surface area (Å²) in [5.41, 5.74) is 5.92. The minimum Gasteiger partial charge on any atom is -0.490 e. The number of carbonyl (C=O) groups is 1. The van der Waals surface area contributed by atoms with Gasteiger partial charge in [0.15, 0.2) is 0 Å². The van der Waals surface area contributed by atoms with Crippen LogP contribution in [0.1, 0.15) is 19.4 Å². The van der Waals surface area contributed by atoms with E-state index in [1.54, 1.807) is 6.07 Å². The Bertz CT molecular complexity index is 469. The highest BCUT2D eigenvalue weighted by Gasteiger charge is 2.08. The number of rotatable bonds is 8. The van der Waals surface area contributed by atoms with Crippen LogP contribution in [0.5, 0.6) is 5.75 Å². The molecule has 0 unspecified atom stereocenters. The van der Waals surface area contributed by atoms with Crippen LogP contribution in [0.3, 0.4) is 0 Å². The maximum Gasteiger partial charge on any atom is 0.312 e. The molecule has 0 aromatic heterocycles. The molecule has 1 aromatic carbocycles. The van der Waals surface area contributed by atoms with E-state index in [1.807, 2.05) is 26.0 Å². The predicted molar refractivity (Wildman–Crippen MR) is 85.2 cm³/mol. The van der Waals surface area contributed by atoms with E-state index >= 15 is 0 Å². The van der Waals surface area contributed by atoms with Gasteiger partial charge in [0.25, 0.3) is 0 Å². The molecular weight excluding hydrogens is 338 g/mol. The minimum atomic E-state index is -0.574. The maximum atomic E-state index is 10.7. The van der Waals surface area contributed by atoms with E-state index in [4.69, 9.17) is 10.5 Å². The third-order valence-electron chi connectivity index (χ3n) is 2.66. The van der Waals surface area contributed by atoms with E-state index in [-0.39, 0.29) is 6.61 Å². The molecule has 6 nitrogen and oxygen atoms in total. The third kappa shape index (κ3) is 7.31. The molecule has 0 fully saturated rings. The van der Waals surface area contributed by atoms with Gasteiger partial charge in [0.1, 0.15) is 18.5 Å². The van der Waals surface area contributed by atoms with E-state index in [9.17, 15) is 9.90 Å². The first-order valence-corrected chi connectivity index (χ1v) is 7.53. The van der Waals surface area contributed by atoms with Gasteiger partial charge >= 0.3 is 6.03 Å². The number of nitrogens with two attached hydrogens (primary N) is 1. The summed E-state index contributed by atoms with van der Waals surface area (Å²) < 4.78 is 6.32. The van der Waals surface area contributed by atoms with E-state index in [0.29, 0.717) is 24.9 Å². The summed E-state index contributed by atoms with van der Waals surface area (Å²) in [5, 5.41) is 15.4. The highest BCUT2D eigenvalue weighted by molar-refractivity contribution is 9.10. The number of carbonyl (C=O) groups excluding carboxylic acids is 1. The first-order chi connectivity index (χ1) is 9.88. The Kier molecular flexibility index (Phi) is 7.49. The Morgan fingerprint density at radius 3 is 2.76 bits per heavy atom. The van der Waals surface area contributed by atoms with E-state index in [0.717, 1.165) is 10.0 Å². The molecule has 0 aliphatic carbocycles. The maximum absolute atomic E-state index is 10.7. The SMILES string of the molecule is CC(C)NC[C@@H](O)COc1ccc(CNC(N)=O)cc1Br. The number of amides is 2. The number of hydrogen-bond acceptors (Lipinski definition) is 4. The molecule has 0 saturated carbocycles. The van der Waals surface area contributed by atoms with Gasteiger partial charge in [0.2, 0.25) is 0 Å². The molecule has 1 rings (SSSR count). The van der Waals surface area contributed by atoms with Gasteiger partial charge < -0.3 is 26.2 Å². The lowest BCUT2D eigenvalue weighted by Gasteiger charge is -2.16. The number of nitrogens with one attached hydrogen (secondary N) is 2. The van der Waals surface area contributed by atoms with Crippen molar-refractivity contribution in [1.29, 1.82) is 0 Å². The molecular formula is C14H22BrN3O3. The van der Waals surface area contributed by atoms with Crippen molar-refractivity contribution in [2.75, 3.05) is 13.2 Å². The second kappa shape index (κ2) is 8.86. The lowest BCUT2D eigenvalue weighted by atomic mass is 10.2. The summed E-state index contributed by atoms with van der Waals surface area (Å²) >= 11 is 3.40. The molecule has 118 valence electrons. The number of benzene rings is 1. The molecule has 21 heavy (non-hydrogen) atoms. The molecule has 0 heterocycles. The molecule has 0 saturated heterocycles. The lowest BCUT2D eigenvalue weighted by molar-refractivity contribution is 0.104. The lowest BCUT2D eigenvalue weighted by Crippen LogP contribution is -2.35. The fourth-order valence-electron chi connectivity index (χ4n) is 1.58. The standard InChI is InChI=1S/C14H22BrN3O3/c1-9(2)17-7-11(19)8-21-13-4-3-10(5-12(13)15)6-18-14(16)20/h3-5,9,11,17,19H,6-8H2,1-2H3,(H3,16,18,20)/t11-/m1/s1. The van der Waals surface area contributed by atoms with Gasteiger partial charge in [-0.3, -0.25) is 0 Å². The molecule has 5 N–H and O–H groups in total. The fourth-order valence-corrected chi connectivity index (χ4v) is 2.12. The van der Waals surface area contributed by atoms with Crippen molar-refractivity contribution >= 4 is 22.0 Å². The summed E-state index contributed by atoms with van der Waals surface area (Å²) in [6, 6.07) is 5.21. The number of aliphatic hydroxyl groups excluding tert-OH is 1. The molecule has 0 radical (unpaired) electrons. The zero-order valence-electron chi connectivity index (χ0n) is 12.2. The van der Waals surface area contributed by atoms with Gasteiger partial charge in [0.05, 0.1) is 4.47 Å². The van der Waals surface area contributed by atoms with Gasteiger partial charge in [-0.05, 0) is 33.6 Å². The average molecular weight is 360 g/mol. The van der Waals surface area contributed by atoms with Crippen molar-refractivity contribution < 1.29 is 14.6 Å². The Morgan fingerprint density at radius 2 is 2.19 bits per heavy atom. The number of hydrogen-bond donors (Lipinski definition) is 4. The van der Waals surface area contributed by atoms with Crippen molar-refractivity contribution in [3.05, 3.63) is 28.2 Å². The molecule has 1 atom stereocenters. The number of aliphatic hydroxyl groups is 1. The van der Waals surface area contributed by atoms with Crippen LogP contribution in [0, 0.1) is 0 Å². The first kappa shape index (κ1) is 17.7. The molecule has 0 bridgehead atoms. The molecule has 1 aromatic rings. The summed E-state index contributed by atoms with van der Waals surface area (Å²) in [6.07, 6.45) is -0.574. The van der Waals surface area contributed by atoms with E-state index < -0.39 is 12.1 Å². The topological polar surface area (TPSA) is 96.6 Å². The predicted octanol–water partition coefficient (Wildman–Crippen LogP) is 1.36. The third-order valence-corrected chi connectivity index (χ3v) is 3.28. The van der Waals surface area contributed by atoms with Crippen LogP contribution in [0.2, 0.25) is 0 Å². The minimum absolute atomic E-state index is 0.206. The van der Waals surface area contributed by atoms with Crippen LogP contribution in [-0.4, -0.2) is 36.4 Å². The van der Waals surface area contributed by atoms with Crippen LogP contribution >= 0.6 is 15.9 Å². The highest BCUT2D eigenvalue weighted by atomic mass is 79.9. The summed E-state index contributed by atoms with van der Waals surface area (Å²) in [4.78, 5) is 10.7. The van der Waals surface area contributed by atoms with Crippen molar-refractivity contribution in [3.8, 4) is 5.75 Å². The summed E-state index contributed by atoms with van der Waals surface area (Å²) in [5.74, 6) is 0.640. The van der Waals surface area contributed by atoms with Crippen molar-refractivity contribution in [2.24, 2.45) is 5.73 Å². The Labute approximate surface area is 133 Å². The number of primary amides is 1. The van der Waals surface area contributed by atoms with E-state index in [1.165, 1.54) is 0 Å². The van der Waals surface area contributed by atoms with Crippen molar-refractivity contribution in [3.63, 3.8) is 0 Å².